The van der Waals surface area contributed by atoms with Crippen LogP contribution in [0.4, 0.5) is 0 Å². The lowest BCUT2D eigenvalue weighted by Gasteiger charge is -2.34. The number of likely N-dealkylation sites (N-methyl/N-ethyl adjacent to an activating group) is 2. The molecule has 5 nitrogen and oxygen atoms in total. The summed E-state index contributed by atoms with van der Waals surface area (Å²) in [5.41, 5.74) is 0. The number of hydrogen-bond donors (Lipinski definition) is 0. The first-order valence-corrected chi connectivity index (χ1v) is 7.36. The summed E-state index contributed by atoms with van der Waals surface area (Å²) in [5.74, 6) is 0.228. The predicted molar refractivity (Wildman–Crippen MR) is 75.1 cm³/mol. The minimum atomic E-state index is -0.0277. The van der Waals surface area contributed by atoms with Crippen LogP contribution in [-0.2, 0) is 9.53 Å². The smallest absolute Gasteiger partial charge is 0.239 e. The fraction of sp³-hybridized carbons (Fsp3) is 0.929. The SMILES string of the molecule is C[C@@H](C(=O)N(C)CCN(C)C1CC1)N1CCOCC1. The van der Waals surface area contributed by atoms with Crippen LogP contribution in [0.5, 0.6) is 0 Å². The van der Waals surface area contributed by atoms with E-state index in [1.165, 1.54) is 12.8 Å². The monoisotopic (exact) mass is 269 g/mol. The first kappa shape index (κ1) is 14.8. The molecule has 1 atom stereocenters. The molecule has 0 radical (unpaired) electrons. The maximum Gasteiger partial charge on any atom is 0.239 e. The second-order valence-electron chi connectivity index (χ2n) is 5.80. The van der Waals surface area contributed by atoms with Crippen LogP contribution in [0.1, 0.15) is 19.8 Å². The van der Waals surface area contributed by atoms with Gasteiger partial charge in [0.25, 0.3) is 0 Å². The molecule has 1 aliphatic carbocycles. The van der Waals surface area contributed by atoms with Crippen LogP contribution in [0, 0.1) is 0 Å². The van der Waals surface area contributed by atoms with Gasteiger partial charge in [0.05, 0.1) is 19.3 Å². The molecule has 1 aliphatic heterocycles. The highest BCUT2D eigenvalue weighted by molar-refractivity contribution is 5.81. The van der Waals surface area contributed by atoms with E-state index in [0.717, 1.165) is 45.4 Å². The van der Waals surface area contributed by atoms with Gasteiger partial charge in [0.2, 0.25) is 5.91 Å². The molecule has 0 N–H and O–H groups in total. The number of carbonyl (C=O) groups excluding carboxylic acids is 1. The molecular weight excluding hydrogens is 242 g/mol. The van der Waals surface area contributed by atoms with E-state index in [0.29, 0.717) is 0 Å². The van der Waals surface area contributed by atoms with Gasteiger partial charge in [0.1, 0.15) is 0 Å². The number of amides is 1. The van der Waals surface area contributed by atoms with E-state index >= 15 is 0 Å². The van der Waals surface area contributed by atoms with Crippen LogP contribution in [-0.4, -0.2) is 86.2 Å². The molecule has 1 saturated carbocycles. The van der Waals surface area contributed by atoms with Crippen molar-refractivity contribution in [2.24, 2.45) is 0 Å². The Labute approximate surface area is 116 Å². The zero-order chi connectivity index (χ0) is 13.8. The second kappa shape index (κ2) is 6.68. The third kappa shape index (κ3) is 4.16. The summed E-state index contributed by atoms with van der Waals surface area (Å²) >= 11 is 0. The summed E-state index contributed by atoms with van der Waals surface area (Å²) in [6.45, 7) is 7.01. The van der Waals surface area contributed by atoms with E-state index in [1.54, 1.807) is 0 Å². The van der Waals surface area contributed by atoms with Crippen molar-refractivity contribution in [2.45, 2.75) is 31.8 Å². The van der Waals surface area contributed by atoms with Crippen molar-refractivity contribution in [3.8, 4) is 0 Å². The minimum absolute atomic E-state index is 0.0277. The van der Waals surface area contributed by atoms with Gasteiger partial charge in [-0.25, -0.2) is 0 Å². The fourth-order valence-electron chi connectivity index (χ4n) is 2.56. The van der Waals surface area contributed by atoms with Gasteiger partial charge in [-0.3, -0.25) is 9.69 Å². The van der Waals surface area contributed by atoms with Gasteiger partial charge in [-0.05, 0) is 26.8 Å². The highest BCUT2D eigenvalue weighted by Crippen LogP contribution is 2.24. The van der Waals surface area contributed by atoms with Crippen LogP contribution in [0.3, 0.4) is 0 Å². The molecule has 110 valence electrons. The number of ether oxygens (including phenoxy) is 1. The summed E-state index contributed by atoms with van der Waals surface area (Å²) in [5, 5.41) is 0. The summed E-state index contributed by atoms with van der Waals surface area (Å²) in [6.07, 6.45) is 2.64. The third-order valence-electron chi connectivity index (χ3n) is 4.29. The zero-order valence-corrected chi connectivity index (χ0v) is 12.5. The van der Waals surface area contributed by atoms with E-state index in [9.17, 15) is 4.79 Å². The fourth-order valence-corrected chi connectivity index (χ4v) is 2.56. The maximum absolute atomic E-state index is 12.4. The second-order valence-corrected chi connectivity index (χ2v) is 5.80. The molecule has 19 heavy (non-hydrogen) atoms. The summed E-state index contributed by atoms with van der Waals surface area (Å²) in [6, 6.07) is 0.736. The van der Waals surface area contributed by atoms with E-state index < -0.39 is 0 Å². The van der Waals surface area contributed by atoms with Gasteiger partial charge in [-0.1, -0.05) is 0 Å². The third-order valence-corrected chi connectivity index (χ3v) is 4.29. The lowest BCUT2D eigenvalue weighted by Crippen LogP contribution is -2.51. The van der Waals surface area contributed by atoms with Gasteiger partial charge < -0.3 is 14.5 Å². The molecule has 1 saturated heterocycles. The lowest BCUT2D eigenvalue weighted by molar-refractivity contribution is -0.136. The molecular formula is C14H27N3O2. The molecule has 5 heteroatoms. The van der Waals surface area contributed by atoms with Crippen LogP contribution in [0.15, 0.2) is 0 Å². The molecule has 1 heterocycles. The molecule has 0 aromatic rings. The van der Waals surface area contributed by atoms with Crippen molar-refractivity contribution in [1.82, 2.24) is 14.7 Å². The molecule has 2 fully saturated rings. The van der Waals surface area contributed by atoms with E-state index in [2.05, 4.69) is 16.8 Å². The van der Waals surface area contributed by atoms with E-state index in [1.807, 2.05) is 18.9 Å². The highest BCUT2D eigenvalue weighted by atomic mass is 16.5. The number of nitrogens with zero attached hydrogens (tertiary/aromatic N) is 3. The molecule has 2 aliphatic rings. The molecule has 0 spiro atoms. The average Bonchev–Trinajstić information content (AvgIpc) is 3.28. The van der Waals surface area contributed by atoms with Gasteiger partial charge >= 0.3 is 0 Å². The number of rotatable bonds is 6. The Balaban J connectivity index is 1.73. The van der Waals surface area contributed by atoms with Crippen molar-refractivity contribution >= 4 is 5.91 Å². The van der Waals surface area contributed by atoms with Crippen molar-refractivity contribution in [2.75, 3.05) is 53.5 Å². The molecule has 1 amide bonds. The molecule has 0 unspecified atom stereocenters. The molecule has 0 aromatic carbocycles. The first-order chi connectivity index (χ1) is 9.09. The van der Waals surface area contributed by atoms with Crippen molar-refractivity contribution in [3.63, 3.8) is 0 Å². The summed E-state index contributed by atoms with van der Waals surface area (Å²) in [7, 11) is 4.07. The number of morpholine rings is 1. The zero-order valence-electron chi connectivity index (χ0n) is 12.5. The Hall–Kier alpha value is -0.650. The van der Waals surface area contributed by atoms with Crippen LogP contribution in [0.2, 0.25) is 0 Å². The average molecular weight is 269 g/mol. The standard InChI is InChI=1S/C14H27N3O2/c1-12(17-8-10-19-11-9-17)14(18)16(3)7-6-15(2)13-4-5-13/h12-13H,4-11H2,1-3H3/t12-/m0/s1. The van der Waals surface area contributed by atoms with E-state index in [4.69, 9.17) is 4.74 Å². The normalized spacial score (nSPS) is 22.5. The Morgan fingerprint density at radius 1 is 1.26 bits per heavy atom. The Kier molecular flexibility index (Phi) is 5.19. The first-order valence-electron chi connectivity index (χ1n) is 7.36. The lowest BCUT2D eigenvalue weighted by atomic mass is 10.2. The van der Waals surface area contributed by atoms with Crippen molar-refractivity contribution in [3.05, 3.63) is 0 Å². The predicted octanol–water partition coefficient (Wildman–Crippen LogP) is 0.260. The van der Waals surface area contributed by atoms with Gasteiger partial charge in [0.15, 0.2) is 0 Å². The van der Waals surface area contributed by atoms with Gasteiger partial charge in [-0.2, -0.15) is 0 Å². The quantitative estimate of drug-likeness (QED) is 0.693. The van der Waals surface area contributed by atoms with Crippen LogP contribution < -0.4 is 0 Å². The van der Waals surface area contributed by atoms with Gasteiger partial charge in [-0.15, -0.1) is 0 Å². The maximum atomic E-state index is 12.4. The highest BCUT2D eigenvalue weighted by Gasteiger charge is 2.28. The Morgan fingerprint density at radius 3 is 2.47 bits per heavy atom. The molecule has 0 bridgehead atoms. The minimum Gasteiger partial charge on any atom is -0.379 e. The summed E-state index contributed by atoms with van der Waals surface area (Å²) < 4.78 is 5.33. The Bertz CT molecular complexity index is 301. The number of carbonyl (C=O) groups is 1. The number of hydrogen-bond acceptors (Lipinski definition) is 4. The van der Waals surface area contributed by atoms with Crippen LogP contribution >= 0.6 is 0 Å². The van der Waals surface area contributed by atoms with Crippen LogP contribution in [0.25, 0.3) is 0 Å². The van der Waals surface area contributed by atoms with Crippen molar-refractivity contribution < 1.29 is 9.53 Å². The Morgan fingerprint density at radius 2 is 1.89 bits per heavy atom. The topological polar surface area (TPSA) is 36.0 Å². The largest absolute Gasteiger partial charge is 0.379 e. The van der Waals surface area contributed by atoms with Gasteiger partial charge in [0, 0.05) is 39.3 Å². The summed E-state index contributed by atoms with van der Waals surface area (Å²) in [4.78, 5) is 18.8. The molecule has 2 rings (SSSR count). The van der Waals surface area contributed by atoms with Crippen molar-refractivity contribution in [1.29, 1.82) is 0 Å². The molecule has 0 aromatic heterocycles. The van der Waals surface area contributed by atoms with E-state index in [-0.39, 0.29) is 11.9 Å².